The lowest BCUT2D eigenvalue weighted by Crippen LogP contribution is -2.44. The van der Waals surface area contributed by atoms with Crippen molar-refractivity contribution in [1.29, 1.82) is 0 Å². The van der Waals surface area contributed by atoms with Crippen LogP contribution in [0.2, 0.25) is 0 Å². The normalized spacial score (nSPS) is 12.9. The highest BCUT2D eigenvalue weighted by molar-refractivity contribution is 5.81. The van der Waals surface area contributed by atoms with Gasteiger partial charge < -0.3 is 14.6 Å². The number of nitrogens with zero attached hydrogens (tertiary/aromatic N) is 1. The van der Waals surface area contributed by atoms with Gasteiger partial charge in [0, 0.05) is 26.3 Å². The van der Waals surface area contributed by atoms with Gasteiger partial charge in [0.05, 0.1) is 0 Å². The number of rotatable bonds is 7. The zero-order valence-electron chi connectivity index (χ0n) is 18.9. The highest BCUT2D eigenvalue weighted by Gasteiger charge is 2.32. The molecule has 1 atom stereocenters. The number of carbonyl (C=O) groups is 3. The Hall–Kier alpha value is -4.13. The molecule has 0 fully saturated rings. The van der Waals surface area contributed by atoms with E-state index in [1.165, 1.54) is 14.0 Å². The van der Waals surface area contributed by atoms with E-state index in [0.717, 1.165) is 27.2 Å². The summed E-state index contributed by atoms with van der Waals surface area (Å²) in [4.78, 5) is 36.9. The molecule has 0 aromatic heterocycles. The van der Waals surface area contributed by atoms with Crippen molar-refractivity contribution in [3.63, 3.8) is 0 Å². The van der Waals surface area contributed by atoms with Crippen LogP contribution >= 0.6 is 0 Å². The third-order valence-corrected chi connectivity index (χ3v) is 5.99. The Kier molecular flexibility index (Phi) is 6.63. The average Bonchev–Trinajstić information content (AvgIpc) is 3.15. The van der Waals surface area contributed by atoms with Crippen molar-refractivity contribution >= 4 is 18.0 Å². The number of hydrogen-bond acceptors (Lipinski definition) is 5. The molecule has 0 bridgehead atoms. The van der Waals surface area contributed by atoms with E-state index in [4.69, 9.17) is 9.47 Å². The number of fused-ring (bicyclic) bond motifs is 3. The maximum Gasteiger partial charge on any atom is 0.410 e. The third-order valence-electron chi connectivity index (χ3n) is 5.99. The molecule has 0 aliphatic heterocycles. The Balaban J connectivity index is 1.44. The Labute approximate surface area is 197 Å². The summed E-state index contributed by atoms with van der Waals surface area (Å²) in [5, 5.41) is 9.75. The number of carboxylic acid groups (broad SMARTS) is 1. The molecule has 1 N–H and O–H groups in total. The SMILES string of the molecule is CC(=O)Oc1ccc(CC(C(=O)O)N(C)C(=O)OCC2c3ccccc3-c3ccccc32)cc1. The number of carbonyl (C=O) groups excluding carboxylic acids is 2. The maximum atomic E-state index is 12.8. The predicted octanol–water partition coefficient (Wildman–Crippen LogP) is 4.49. The van der Waals surface area contributed by atoms with Gasteiger partial charge in [-0.2, -0.15) is 0 Å². The van der Waals surface area contributed by atoms with Crippen molar-refractivity contribution in [2.24, 2.45) is 0 Å². The first kappa shape index (κ1) is 23.0. The van der Waals surface area contributed by atoms with E-state index in [0.29, 0.717) is 11.3 Å². The zero-order chi connectivity index (χ0) is 24.2. The highest BCUT2D eigenvalue weighted by Crippen LogP contribution is 2.44. The lowest BCUT2D eigenvalue weighted by molar-refractivity contribution is -0.142. The topological polar surface area (TPSA) is 93.1 Å². The lowest BCUT2D eigenvalue weighted by atomic mass is 9.98. The summed E-state index contributed by atoms with van der Waals surface area (Å²) in [6.07, 6.45) is -0.623. The van der Waals surface area contributed by atoms with Gasteiger partial charge in [-0.3, -0.25) is 9.69 Å². The maximum absolute atomic E-state index is 12.8. The molecule has 174 valence electrons. The number of ether oxygens (including phenoxy) is 2. The van der Waals surface area contributed by atoms with Crippen LogP contribution in [0.15, 0.2) is 72.8 Å². The first-order chi connectivity index (χ1) is 16.3. The van der Waals surface area contributed by atoms with Gasteiger partial charge in [-0.05, 0) is 39.9 Å². The summed E-state index contributed by atoms with van der Waals surface area (Å²) in [6.45, 7) is 1.42. The molecule has 0 saturated heterocycles. The standard InChI is InChI=1S/C27H25NO6/c1-17(29)34-19-13-11-18(12-14-19)15-25(26(30)31)28(2)27(32)33-16-24-22-9-5-3-7-20(22)21-8-4-6-10-23(21)24/h3-14,24-25H,15-16H2,1-2H3,(H,30,31). The second-order valence-corrected chi connectivity index (χ2v) is 8.21. The first-order valence-electron chi connectivity index (χ1n) is 10.9. The third kappa shape index (κ3) is 4.78. The molecule has 0 spiro atoms. The quantitative estimate of drug-likeness (QED) is 0.413. The molecule has 1 aliphatic carbocycles. The molecule has 7 heteroatoms. The van der Waals surface area contributed by atoms with Gasteiger partial charge in [0.15, 0.2) is 0 Å². The Morgan fingerprint density at radius 1 is 0.912 bits per heavy atom. The van der Waals surface area contributed by atoms with Crippen molar-refractivity contribution in [3.05, 3.63) is 89.5 Å². The van der Waals surface area contributed by atoms with E-state index < -0.39 is 24.1 Å². The minimum absolute atomic E-state index is 0.0797. The molecular weight excluding hydrogens is 434 g/mol. The zero-order valence-corrected chi connectivity index (χ0v) is 18.9. The van der Waals surface area contributed by atoms with Crippen LogP contribution in [0.25, 0.3) is 11.1 Å². The fourth-order valence-corrected chi connectivity index (χ4v) is 4.30. The van der Waals surface area contributed by atoms with E-state index in [1.54, 1.807) is 24.3 Å². The summed E-state index contributed by atoms with van der Waals surface area (Å²) in [7, 11) is 1.42. The van der Waals surface area contributed by atoms with Crippen LogP contribution in [0.5, 0.6) is 5.75 Å². The smallest absolute Gasteiger partial charge is 0.410 e. The van der Waals surface area contributed by atoms with Gasteiger partial charge in [-0.25, -0.2) is 9.59 Å². The number of aliphatic carboxylic acids is 1. The fraction of sp³-hybridized carbons (Fsp3) is 0.222. The molecule has 0 radical (unpaired) electrons. The van der Waals surface area contributed by atoms with Gasteiger partial charge in [-0.15, -0.1) is 0 Å². The van der Waals surface area contributed by atoms with E-state index in [1.807, 2.05) is 36.4 Å². The van der Waals surface area contributed by atoms with Gasteiger partial charge in [0.1, 0.15) is 18.4 Å². The Morgan fingerprint density at radius 2 is 1.47 bits per heavy atom. The first-order valence-corrected chi connectivity index (χ1v) is 10.9. The summed E-state index contributed by atoms with van der Waals surface area (Å²) in [6, 6.07) is 21.4. The molecule has 0 saturated carbocycles. The van der Waals surface area contributed by atoms with Crippen LogP contribution in [0, 0.1) is 0 Å². The molecule has 7 nitrogen and oxygen atoms in total. The molecular formula is C27H25NO6. The fourth-order valence-electron chi connectivity index (χ4n) is 4.30. The molecule has 3 aromatic carbocycles. The molecule has 1 amide bonds. The minimum Gasteiger partial charge on any atom is -0.480 e. The summed E-state index contributed by atoms with van der Waals surface area (Å²) < 4.78 is 10.6. The minimum atomic E-state index is -1.14. The molecule has 34 heavy (non-hydrogen) atoms. The van der Waals surface area contributed by atoms with Crippen LogP contribution < -0.4 is 4.74 Å². The molecule has 1 aliphatic rings. The van der Waals surface area contributed by atoms with E-state index in [2.05, 4.69) is 12.1 Å². The average molecular weight is 459 g/mol. The Morgan fingerprint density at radius 3 is 2.00 bits per heavy atom. The van der Waals surface area contributed by atoms with Crippen molar-refractivity contribution in [2.75, 3.05) is 13.7 Å². The largest absolute Gasteiger partial charge is 0.480 e. The van der Waals surface area contributed by atoms with Gasteiger partial charge in [0.2, 0.25) is 0 Å². The van der Waals surface area contributed by atoms with Crippen LogP contribution in [0.1, 0.15) is 29.5 Å². The molecule has 1 unspecified atom stereocenters. The Bertz CT molecular complexity index is 1170. The predicted molar refractivity (Wildman–Crippen MR) is 126 cm³/mol. The lowest BCUT2D eigenvalue weighted by Gasteiger charge is -2.25. The summed E-state index contributed by atoms with van der Waals surface area (Å²) >= 11 is 0. The van der Waals surface area contributed by atoms with Crippen LogP contribution in [0.3, 0.4) is 0 Å². The summed E-state index contributed by atoms with van der Waals surface area (Å²) in [5.41, 5.74) is 5.09. The van der Waals surface area contributed by atoms with Crippen molar-refractivity contribution in [2.45, 2.75) is 25.3 Å². The van der Waals surface area contributed by atoms with E-state index in [9.17, 15) is 19.5 Å². The second kappa shape index (κ2) is 9.79. The van der Waals surface area contributed by atoms with Gasteiger partial charge in [-0.1, -0.05) is 60.7 Å². The number of likely N-dealkylation sites (N-methyl/N-ethyl adjacent to an activating group) is 1. The van der Waals surface area contributed by atoms with Gasteiger partial charge >= 0.3 is 18.0 Å². The molecule has 4 rings (SSSR count). The molecule has 0 heterocycles. The number of amides is 1. The van der Waals surface area contributed by atoms with Crippen molar-refractivity contribution in [3.8, 4) is 16.9 Å². The monoisotopic (exact) mass is 459 g/mol. The number of carboxylic acids is 1. The second-order valence-electron chi connectivity index (χ2n) is 8.21. The van der Waals surface area contributed by atoms with Crippen molar-refractivity contribution in [1.82, 2.24) is 4.90 Å². The van der Waals surface area contributed by atoms with Gasteiger partial charge in [0.25, 0.3) is 0 Å². The highest BCUT2D eigenvalue weighted by atomic mass is 16.6. The number of benzene rings is 3. The van der Waals surface area contributed by atoms with Crippen molar-refractivity contribution < 1.29 is 29.0 Å². The van der Waals surface area contributed by atoms with Crippen LogP contribution in [0.4, 0.5) is 4.79 Å². The number of esters is 1. The van der Waals surface area contributed by atoms with E-state index in [-0.39, 0.29) is 18.9 Å². The van der Waals surface area contributed by atoms with E-state index >= 15 is 0 Å². The molecule has 3 aromatic rings. The van der Waals surface area contributed by atoms with Crippen LogP contribution in [-0.4, -0.2) is 47.7 Å². The number of hydrogen-bond donors (Lipinski definition) is 1. The van der Waals surface area contributed by atoms with Crippen LogP contribution in [-0.2, 0) is 20.7 Å². The summed E-state index contributed by atoms with van der Waals surface area (Å²) in [5.74, 6) is -1.32.